The summed E-state index contributed by atoms with van der Waals surface area (Å²) in [5.74, 6) is 0.489. The van der Waals surface area contributed by atoms with Crippen LogP contribution in [0.3, 0.4) is 0 Å². The van der Waals surface area contributed by atoms with Gasteiger partial charge in [0.2, 0.25) is 5.91 Å². The van der Waals surface area contributed by atoms with Gasteiger partial charge in [-0.2, -0.15) is 0 Å². The summed E-state index contributed by atoms with van der Waals surface area (Å²) >= 11 is 0. The number of hydrogen-bond acceptors (Lipinski definition) is 2. The molecular weight excluding hydrogens is 288 g/mol. The van der Waals surface area contributed by atoms with Crippen molar-refractivity contribution in [3.05, 3.63) is 29.3 Å². The van der Waals surface area contributed by atoms with E-state index in [0.29, 0.717) is 18.9 Å². The van der Waals surface area contributed by atoms with Gasteiger partial charge in [0.15, 0.2) is 5.96 Å². The fourth-order valence-electron chi connectivity index (χ4n) is 2.58. The number of carbonyl (C=O) groups is 1. The Labute approximate surface area is 140 Å². The molecule has 5 nitrogen and oxygen atoms in total. The zero-order valence-electron chi connectivity index (χ0n) is 14.9. The number of para-hydroxylation sites is 1. The van der Waals surface area contributed by atoms with E-state index in [2.05, 4.69) is 42.4 Å². The maximum absolute atomic E-state index is 11.9. The lowest BCUT2D eigenvalue weighted by molar-refractivity contribution is -0.130. The largest absolute Gasteiger partial charge is 0.370 e. The fraction of sp³-hybridized carbons (Fsp3) is 0.556. The molecule has 0 saturated carbocycles. The highest BCUT2D eigenvalue weighted by Gasteiger charge is 2.09. The number of amides is 1. The van der Waals surface area contributed by atoms with Crippen LogP contribution >= 0.6 is 0 Å². The van der Waals surface area contributed by atoms with Gasteiger partial charge in [-0.1, -0.05) is 32.0 Å². The molecule has 1 amide bonds. The van der Waals surface area contributed by atoms with Crippen LogP contribution in [-0.2, 0) is 17.6 Å². The second-order valence-corrected chi connectivity index (χ2v) is 5.37. The number of nitrogens with zero attached hydrogens (tertiary/aromatic N) is 2. The highest BCUT2D eigenvalue weighted by molar-refractivity contribution is 5.94. The van der Waals surface area contributed by atoms with E-state index in [9.17, 15) is 4.79 Å². The minimum Gasteiger partial charge on any atom is -0.370 e. The number of hydrogen-bond donors (Lipinski definition) is 2. The monoisotopic (exact) mass is 318 g/mol. The van der Waals surface area contributed by atoms with Crippen LogP contribution < -0.4 is 11.1 Å². The van der Waals surface area contributed by atoms with Gasteiger partial charge in [0, 0.05) is 25.2 Å². The van der Waals surface area contributed by atoms with Crippen molar-refractivity contribution in [3.8, 4) is 0 Å². The lowest BCUT2D eigenvalue weighted by Crippen LogP contribution is -2.31. The average molecular weight is 318 g/mol. The van der Waals surface area contributed by atoms with Crippen LogP contribution in [0.4, 0.5) is 5.69 Å². The average Bonchev–Trinajstić information content (AvgIpc) is 2.56. The maximum Gasteiger partial charge on any atom is 0.224 e. The van der Waals surface area contributed by atoms with Gasteiger partial charge in [0.25, 0.3) is 0 Å². The highest BCUT2D eigenvalue weighted by atomic mass is 16.2. The Morgan fingerprint density at radius 1 is 1.13 bits per heavy atom. The van der Waals surface area contributed by atoms with Gasteiger partial charge in [-0.05, 0) is 37.8 Å². The van der Waals surface area contributed by atoms with Gasteiger partial charge in [-0.25, -0.2) is 0 Å². The molecule has 3 N–H and O–H groups in total. The normalized spacial score (nSPS) is 11.4. The molecule has 128 valence electrons. The van der Waals surface area contributed by atoms with E-state index in [0.717, 1.165) is 31.6 Å². The van der Waals surface area contributed by atoms with E-state index < -0.39 is 0 Å². The maximum atomic E-state index is 11.9. The zero-order valence-corrected chi connectivity index (χ0v) is 14.9. The summed E-state index contributed by atoms with van der Waals surface area (Å²) < 4.78 is 0. The molecule has 5 heteroatoms. The van der Waals surface area contributed by atoms with E-state index in [4.69, 9.17) is 5.73 Å². The topological polar surface area (TPSA) is 70.7 Å². The van der Waals surface area contributed by atoms with Gasteiger partial charge < -0.3 is 16.0 Å². The number of aryl methyl sites for hydroxylation is 2. The molecule has 0 aliphatic carbocycles. The molecule has 0 bridgehead atoms. The molecule has 0 atom stereocenters. The third kappa shape index (κ3) is 5.58. The first-order valence-corrected chi connectivity index (χ1v) is 8.52. The first-order valence-electron chi connectivity index (χ1n) is 8.52. The minimum atomic E-state index is 0.120. The predicted molar refractivity (Wildman–Crippen MR) is 97.9 cm³/mol. The van der Waals surface area contributed by atoms with Gasteiger partial charge in [0.1, 0.15) is 0 Å². The lowest BCUT2D eigenvalue weighted by atomic mass is 10.0. The SMILES string of the molecule is CCc1cccc(CC)c1NC(N)=NCCC(=O)N(CC)CC. The molecule has 0 radical (unpaired) electrons. The van der Waals surface area contributed by atoms with Crippen molar-refractivity contribution >= 4 is 17.6 Å². The number of guanidine groups is 1. The summed E-state index contributed by atoms with van der Waals surface area (Å²) in [6.07, 6.45) is 2.26. The van der Waals surface area contributed by atoms with Crippen molar-refractivity contribution in [2.24, 2.45) is 10.7 Å². The van der Waals surface area contributed by atoms with Crippen LogP contribution in [0.25, 0.3) is 0 Å². The quantitative estimate of drug-likeness (QED) is 0.572. The van der Waals surface area contributed by atoms with Crippen molar-refractivity contribution in [2.75, 3.05) is 25.0 Å². The van der Waals surface area contributed by atoms with Crippen LogP contribution in [-0.4, -0.2) is 36.4 Å². The number of carbonyl (C=O) groups excluding carboxylic acids is 1. The van der Waals surface area contributed by atoms with Gasteiger partial charge in [-0.3, -0.25) is 9.79 Å². The Morgan fingerprint density at radius 2 is 1.70 bits per heavy atom. The summed E-state index contributed by atoms with van der Waals surface area (Å²) in [7, 11) is 0. The van der Waals surface area contributed by atoms with Crippen LogP contribution in [0, 0.1) is 0 Å². The number of anilines is 1. The molecule has 0 unspecified atom stereocenters. The van der Waals surface area contributed by atoms with Crippen molar-refractivity contribution in [2.45, 2.75) is 47.0 Å². The first kappa shape index (κ1) is 19.0. The summed E-state index contributed by atoms with van der Waals surface area (Å²) in [6, 6.07) is 6.26. The summed E-state index contributed by atoms with van der Waals surface area (Å²) in [5.41, 5.74) is 9.49. The number of nitrogens with two attached hydrogens (primary N) is 1. The Hall–Kier alpha value is -2.04. The molecule has 1 rings (SSSR count). The van der Waals surface area contributed by atoms with Crippen LogP contribution in [0.1, 0.15) is 45.2 Å². The molecule has 0 aromatic heterocycles. The van der Waals surface area contributed by atoms with Crippen LogP contribution in [0.5, 0.6) is 0 Å². The molecule has 0 aliphatic rings. The van der Waals surface area contributed by atoms with Gasteiger partial charge in [0.05, 0.1) is 6.54 Å². The molecule has 0 aliphatic heterocycles. The van der Waals surface area contributed by atoms with E-state index in [1.54, 1.807) is 4.90 Å². The van der Waals surface area contributed by atoms with E-state index >= 15 is 0 Å². The highest BCUT2D eigenvalue weighted by Crippen LogP contribution is 2.22. The molecule has 0 heterocycles. The van der Waals surface area contributed by atoms with Crippen molar-refractivity contribution < 1.29 is 4.79 Å². The Kier molecular flexibility index (Phi) is 8.16. The second-order valence-electron chi connectivity index (χ2n) is 5.37. The number of aliphatic imine (C=N–C) groups is 1. The molecule has 1 aromatic carbocycles. The molecule has 1 aromatic rings. The molecular formula is C18H30N4O. The Balaban J connectivity index is 2.69. The van der Waals surface area contributed by atoms with E-state index in [-0.39, 0.29) is 5.91 Å². The smallest absolute Gasteiger partial charge is 0.224 e. The number of benzene rings is 1. The summed E-state index contributed by atoms with van der Waals surface area (Å²) in [6.45, 7) is 10.1. The number of rotatable bonds is 8. The molecule has 0 fully saturated rings. The van der Waals surface area contributed by atoms with E-state index in [1.165, 1.54) is 11.1 Å². The lowest BCUT2D eigenvalue weighted by Gasteiger charge is -2.18. The fourth-order valence-corrected chi connectivity index (χ4v) is 2.58. The first-order chi connectivity index (χ1) is 11.1. The Morgan fingerprint density at radius 3 is 2.17 bits per heavy atom. The van der Waals surface area contributed by atoms with Crippen molar-refractivity contribution in [1.82, 2.24) is 4.90 Å². The van der Waals surface area contributed by atoms with Gasteiger partial charge in [-0.15, -0.1) is 0 Å². The predicted octanol–water partition coefficient (Wildman–Crippen LogP) is 2.80. The van der Waals surface area contributed by atoms with Gasteiger partial charge >= 0.3 is 0 Å². The summed E-state index contributed by atoms with van der Waals surface area (Å²) in [5, 5.41) is 3.21. The Bertz CT molecular complexity index is 514. The standard InChI is InChI=1S/C18H30N4O/c1-5-14-10-9-11-15(6-2)17(14)21-18(19)20-13-12-16(23)22(7-3)8-4/h9-11H,5-8,12-13H2,1-4H3,(H3,19,20,21). The van der Waals surface area contributed by atoms with Crippen molar-refractivity contribution in [3.63, 3.8) is 0 Å². The van der Waals surface area contributed by atoms with Crippen molar-refractivity contribution in [1.29, 1.82) is 0 Å². The van der Waals surface area contributed by atoms with Crippen LogP contribution in [0.2, 0.25) is 0 Å². The molecule has 23 heavy (non-hydrogen) atoms. The number of nitrogens with one attached hydrogen (secondary N) is 1. The molecule has 0 spiro atoms. The third-order valence-electron chi connectivity index (χ3n) is 3.98. The minimum absolute atomic E-state index is 0.120. The summed E-state index contributed by atoms with van der Waals surface area (Å²) in [4.78, 5) is 18.0. The molecule has 0 saturated heterocycles. The third-order valence-corrected chi connectivity index (χ3v) is 3.98. The van der Waals surface area contributed by atoms with E-state index in [1.807, 2.05) is 13.8 Å². The second kappa shape index (κ2) is 9.87. The zero-order chi connectivity index (χ0) is 17.2. The van der Waals surface area contributed by atoms with Crippen LogP contribution in [0.15, 0.2) is 23.2 Å².